The minimum atomic E-state index is -0.293. The van der Waals surface area contributed by atoms with Crippen LogP contribution in [0.15, 0.2) is 58.7 Å². The second-order valence-corrected chi connectivity index (χ2v) is 6.52. The molecule has 0 atom stereocenters. The van der Waals surface area contributed by atoms with Gasteiger partial charge >= 0.3 is 0 Å². The number of amides is 2. The van der Waals surface area contributed by atoms with Gasteiger partial charge in [0, 0.05) is 16.7 Å². The monoisotopic (exact) mass is 384 g/mol. The van der Waals surface area contributed by atoms with E-state index in [1.165, 1.54) is 4.90 Å². The number of halogens is 1. The van der Waals surface area contributed by atoms with Crippen molar-refractivity contribution in [2.24, 2.45) is 0 Å². The fourth-order valence-corrected chi connectivity index (χ4v) is 3.08. The maximum atomic E-state index is 12.7. The van der Waals surface area contributed by atoms with E-state index < -0.39 is 0 Å². The van der Waals surface area contributed by atoms with Crippen LogP contribution in [0.3, 0.4) is 0 Å². The summed E-state index contributed by atoms with van der Waals surface area (Å²) in [7, 11) is 0. The number of carbonyl (C=O) groups is 2. The first-order chi connectivity index (χ1) is 11.5. The molecule has 0 aliphatic carbocycles. The quantitative estimate of drug-likeness (QED) is 0.811. The Morgan fingerprint density at radius 2 is 1.75 bits per heavy atom. The van der Waals surface area contributed by atoms with E-state index >= 15 is 0 Å². The minimum absolute atomic E-state index is 0.260. The Hall–Kier alpha value is -2.40. The number of anilines is 1. The van der Waals surface area contributed by atoms with Crippen LogP contribution in [0, 0.1) is 6.92 Å². The molecular formula is C19H17BrN2O2. The predicted molar refractivity (Wildman–Crippen MR) is 98.3 cm³/mol. The van der Waals surface area contributed by atoms with Crippen LogP contribution in [0.1, 0.15) is 18.1 Å². The van der Waals surface area contributed by atoms with Crippen molar-refractivity contribution in [3.8, 4) is 0 Å². The van der Waals surface area contributed by atoms with Gasteiger partial charge in [-0.15, -0.1) is 0 Å². The molecule has 0 unspecified atom stereocenters. The molecule has 0 saturated carbocycles. The number of likely N-dealkylation sites (N-methyl/N-ethyl adjacent to an activating group) is 1. The minimum Gasteiger partial charge on any atom is -0.350 e. The molecule has 1 aliphatic rings. The van der Waals surface area contributed by atoms with Crippen LogP contribution in [0.4, 0.5) is 5.69 Å². The first-order valence-corrected chi connectivity index (χ1v) is 8.50. The highest BCUT2D eigenvalue weighted by atomic mass is 79.9. The van der Waals surface area contributed by atoms with Crippen molar-refractivity contribution in [1.29, 1.82) is 0 Å². The van der Waals surface area contributed by atoms with Gasteiger partial charge in [-0.2, -0.15) is 0 Å². The molecule has 0 fully saturated rings. The smallest absolute Gasteiger partial charge is 0.278 e. The molecule has 0 spiro atoms. The highest BCUT2D eigenvalue weighted by molar-refractivity contribution is 9.10. The second kappa shape index (κ2) is 6.61. The maximum absolute atomic E-state index is 12.7. The summed E-state index contributed by atoms with van der Waals surface area (Å²) in [6, 6.07) is 15.1. The Morgan fingerprint density at radius 1 is 1.04 bits per heavy atom. The molecule has 1 N–H and O–H groups in total. The summed E-state index contributed by atoms with van der Waals surface area (Å²) in [4.78, 5) is 26.6. The van der Waals surface area contributed by atoms with E-state index in [0.717, 1.165) is 21.3 Å². The molecule has 0 aromatic heterocycles. The van der Waals surface area contributed by atoms with Crippen molar-refractivity contribution in [2.45, 2.75) is 13.8 Å². The van der Waals surface area contributed by atoms with E-state index in [0.29, 0.717) is 17.8 Å². The van der Waals surface area contributed by atoms with Crippen LogP contribution in [0.5, 0.6) is 0 Å². The Bertz CT molecular complexity index is 841. The number of benzene rings is 2. The molecule has 0 bridgehead atoms. The zero-order valence-corrected chi connectivity index (χ0v) is 15.1. The molecule has 5 heteroatoms. The maximum Gasteiger partial charge on any atom is 0.278 e. The molecule has 24 heavy (non-hydrogen) atoms. The van der Waals surface area contributed by atoms with Gasteiger partial charge in [0.1, 0.15) is 5.70 Å². The van der Waals surface area contributed by atoms with Crippen LogP contribution >= 0.6 is 15.9 Å². The average Bonchev–Trinajstić information content (AvgIpc) is 2.79. The zero-order valence-electron chi connectivity index (χ0n) is 13.5. The summed E-state index contributed by atoms with van der Waals surface area (Å²) in [6.45, 7) is 4.13. The number of hydrogen-bond acceptors (Lipinski definition) is 3. The van der Waals surface area contributed by atoms with Crippen molar-refractivity contribution in [3.05, 3.63) is 69.8 Å². The van der Waals surface area contributed by atoms with Gasteiger partial charge in [-0.25, -0.2) is 0 Å². The Balaban J connectivity index is 2.09. The molecule has 122 valence electrons. The van der Waals surface area contributed by atoms with Gasteiger partial charge in [-0.3, -0.25) is 14.5 Å². The van der Waals surface area contributed by atoms with Crippen LogP contribution in [0.25, 0.3) is 5.57 Å². The number of nitrogens with one attached hydrogen (secondary N) is 1. The fourth-order valence-electron chi connectivity index (χ4n) is 2.68. The van der Waals surface area contributed by atoms with Gasteiger partial charge < -0.3 is 5.32 Å². The second-order valence-electron chi connectivity index (χ2n) is 5.61. The molecule has 0 radical (unpaired) electrons. The summed E-state index contributed by atoms with van der Waals surface area (Å²) in [5, 5.41) is 3.13. The molecular weight excluding hydrogens is 368 g/mol. The Morgan fingerprint density at radius 3 is 2.38 bits per heavy atom. The lowest BCUT2D eigenvalue weighted by molar-refractivity contribution is -0.136. The third-order valence-corrected chi connectivity index (χ3v) is 4.41. The summed E-state index contributed by atoms with van der Waals surface area (Å²) < 4.78 is 0.897. The van der Waals surface area contributed by atoms with Crippen LogP contribution < -0.4 is 5.32 Å². The normalized spacial score (nSPS) is 14.5. The van der Waals surface area contributed by atoms with Crippen LogP contribution in [-0.4, -0.2) is 23.3 Å². The van der Waals surface area contributed by atoms with Crippen molar-refractivity contribution in [3.63, 3.8) is 0 Å². The average molecular weight is 385 g/mol. The highest BCUT2D eigenvalue weighted by Gasteiger charge is 2.38. The highest BCUT2D eigenvalue weighted by Crippen LogP contribution is 2.31. The van der Waals surface area contributed by atoms with E-state index in [4.69, 9.17) is 0 Å². The molecule has 4 nitrogen and oxygen atoms in total. The van der Waals surface area contributed by atoms with Crippen molar-refractivity contribution in [2.75, 3.05) is 11.9 Å². The Labute approximate surface area is 149 Å². The predicted octanol–water partition coefficient (Wildman–Crippen LogP) is 3.97. The lowest BCUT2D eigenvalue weighted by Crippen LogP contribution is -2.32. The molecule has 3 rings (SSSR count). The zero-order chi connectivity index (χ0) is 17.3. The lowest BCUT2D eigenvalue weighted by atomic mass is 10.0. The van der Waals surface area contributed by atoms with Gasteiger partial charge in [-0.1, -0.05) is 51.8 Å². The number of aryl methyl sites for hydroxylation is 1. The van der Waals surface area contributed by atoms with Gasteiger partial charge in [0.2, 0.25) is 0 Å². The molecule has 2 aromatic carbocycles. The van der Waals surface area contributed by atoms with Gasteiger partial charge in [0.15, 0.2) is 0 Å². The van der Waals surface area contributed by atoms with Crippen LogP contribution in [-0.2, 0) is 9.59 Å². The molecule has 1 heterocycles. The van der Waals surface area contributed by atoms with Gasteiger partial charge in [0.25, 0.3) is 11.8 Å². The van der Waals surface area contributed by atoms with E-state index in [1.807, 2.05) is 55.5 Å². The largest absolute Gasteiger partial charge is 0.350 e. The molecule has 1 aliphatic heterocycles. The van der Waals surface area contributed by atoms with E-state index in [9.17, 15) is 9.59 Å². The number of imide groups is 1. The Kier molecular flexibility index (Phi) is 4.53. The first kappa shape index (κ1) is 16.5. The van der Waals surface area contributed by atoms with Crippen molar-refractivity contribution < 1.29 is 9.59 Å². The molecule has 2 aromatic rings. The number of hydrogen-bond donors (Lipinski definition) is 1. The first-order valence-electron chi connectivity index (χ1n) is 7.71. The van der Waals surface area contributed by atoms with Crippen molar-refractivity contribution >= 4 is 39.0 Å². The van der Waals surface area contributed by atoms with Crippen molar-refractivity contribution in [1.82, 2.24) is 4.90 Å². The summed E-state index contributed by atoms with van der Waals surface area (Å²) in [5.74, 6) is -0.554. The fraction of sp³-hybridized carbons (Fsp3) is 0.158. The third-order valence-electron chi connectivity index (χ3n) is 3.92. The summed E-state index contributed by atoms with van der Waals surface area (Å²) >= 11 is 3.41. The van der Waals surface area contributed by atoms with Gasteiger partial charge in [-0.05, 0) is 37.6 Å². The van der Waals surface area contributed by atoms with Gasteiger partial charge in [0.05, 0.1) is 5.57 Å². The topological polar surface area (TPSA) is 49.4 Å². The lowest BCUT2D eigenvalue weighted by Gasteiger charge is -2.12. The number of nitrogens with zero attached hydrogens (tertiary/aromatic N) is 1. The van der Waals surface area contributed by atoms with Crippen LogP contribution in [0.2, 0.25) is 0 Å². The molecule has 2 amide bonds. The van der Waals surface area contributed by atoms with E-state index in [1.54, 1.807) is 6.92 Å². The third kappa shape index (κ3) is 2.99. The summed E-state index contributed by atoms with van der Waals surface area (Å²) in [5.41, 5.74) is 3.34. The van der Waals surface area contributed by atoms with E-state index in [2.05, 4.69) is 21.2 Å². The number of rotatable bonds is 4. The van der Waals surface area contributed by atoms with E-state index in [-0.39, 0.29) is 11.8 Å². The SMILES string of the molecule is CCN1C(=O)C(Nc2cccc(Br)c2)=C(c2ccc(C)cc2)C1=O. The standard InChI is InChI=1S/C19H17BrN2O2/c1-3-22-18(23)16(13-9-7-12(2)8-10-13)17(19(22)24)21-15-6-4-5-14(20)11-15/h4-11,21H,3H2,1-2H3. The summed E-state index contributed by atoms with van der Waals surface area (Å²) in [6.07, 6.45) is 0. The number of carbonyl (C=O) groups excluding carboxylic acids is 2. The molecule has 0 saturated heterocycles.